The van der Waals surface area contributed by atoms with Gasteiger partial charge in [-0.3, -0.25) is 0 Å². The summed E-state index contributed by atoms with van der Waals surface area (Å²) in [5, 5.41) is 3.32. The third-order valence-corrected chi connectivity index (χ3v) is 4.77. The molecule has 2 nitrogen and oxygen atoms in total. The molecular weight excluding hydrogens is 252 g/mol. The van der Waals surface area contributed by atoms with Crippen LogP contribution >= 0.6 is 22.9 Å². The summed E-state index contributed by atoms with van der Waals surface area (Å²) < 4.78 is 0. The number of rotatable bonds is 6. The Labute approximate surface area is 113 Å². The van der Waals surface area contributed by atoms with E-state index >= 15 is 0 Å². The first-order chi connectivity index (χ1) is 8.33. The van der Waals surface area contributed by atoms with Gasteiger partial charge in [0.15, 0.2) is 0 Å². The maximum Gasteiger partial charge on any atom is 0.0929 e. The van der Waals surface area contributed by atoms with Gasteiger partial charge in [0.25, 0.3) is 0 Å². The van der Waals surface area contributed by atoms with E-state index in [0.29, 0.717) is 5.88 Å². The van der Waals surface area contributed by atoms with Crippen molar-refractivity contribution in [2.24, 2.45) is 0 Å². The summed E-state index contributed by atoms with van der Waals surface area (Å²) in [4.78, 5) is 7.15. The Kier molecular flexibility index (Phi) is 5.26. The lowest BCUT2D eigenvalue weighted by molar-refractivity contribution is 0.245. The van der Waals surface area contributed by atoms with Crippen LogP contribution in [-0.2, 0) is 12.3 Å². The first kappa shape index (κ1) is 13.3. The molecule has 0 amide bonds. The lowest BCUT2D eigenvalue weighted by Crippen LogP contribution is -2.29. The molecule has 0 bridgehead atoms. The second-order valence-electron chi connectivity index (χ2n) is 4.71. The van der Waals surface area contributed by atoms with Crippen LogP contribution in [0.2, 0.25) is 0 Å². The van der Waals surface area contributed by atoms with Crippen LogP contribution in [0.15, 0.2) is 5.38 Å². The molecule has 0 radical (unpaired) electrons. The average Bonchev–Trinajstić information content (AvgIpc) is 2.97. The third-order valence-electron chi connectivity index (χ3n) is 3.54. The number of aromatic nitrogens is 1. The highest BCUT2D eigenvalue weighted by Crippen LogP contribution is 2.20. The van der Waals surface area contributed by atoms with E-state index < -0.39 is 0 Å². The average molecular weight is 273 g/mol. The molecule has 1 atom stereocenters. The number of hydrogen-bond donors (Lipinski definition) is 0. The highest BCUT2D eigenvalue weighted by molar-refractivity contribution is 7.09. The highest BCUT2D eigenvalue weighted by atomic mass is 35.5. The third kappa shape index (κ3) is 3.67. The van der Waals surface area contributed by atoms with E-state index in [1.54, 1.807) is 11.3 Å². The Bertz CT molecular complexity index is 340. The smallest absolute Gasteiger partial charge is 0.0929 e. The fraction of sp³-hybridized carbons (Fsp3) is 0.769. The molecule has 1 unspecified atom stereocenters. The quantitative estimate of drug-likeness (QED) is 0.735. The minimum Gasteiger partial charge on any atom is -0.300 e. The molecule has 4 heteroatoms. The molecule has 2 rings (SSSR count). The van der Waals surface area contributed by atoms with Crippen molar-refractivity contribution < 1.29 is 0 Å². The summed E-state index contributed by atoms with van der Waals surface area (Å²) in [6.07, 6.45) is 6.41. The van der Waals surface area contributed by atoms with Crippen molar-refractivity contribution in [2.45, 2.75) is 50.9 Å². The van der Waals surface area contributed by atoms with Gasteiger partial charge in [-0.2, -0.15) is 0 Å². The van der Waals surface area contributed by atoms with Crippen LogP contribution in [-0.4, -0.2) is 29.0 Å². The van der Waals surface area contributed by atoms with Gasteiger partial charge in [0.2, 0.25) is 0 Å². The number of aryl methyl sites for hydroxylation is 1. The maximum absolute atomic E-state index is 5.75. The van der Waals surface area contributed by atoms with Crippen molar-refractivity contribution in [2.75, 3.05) is 13.1 Å². The summed E-state index contributed by atoms with van der Waals surface area (Å²) in [5.41, 5.74) is 1.03. The molecule has 1 aromatic heterocycles. The van der Waals surface area contributed by atoms with Gasteiger partial charge in [0.1, 0.15) is 0 Å². The Morgan fingerprint density at radius 2 is 2.47 bits per heavy atom. The van der Waals surface area contributed by atoms with Crippen LogP contribution in [0.25, 0.3) is 0 Å². The molecule has 1 aromatic rings. The molecule has 2 heterocycles. The van der Waals surface area contributed by atoms with Crippen LogP contribution in [0.3, 0.4) is 0 Å². The largest absolute Gasteiger partial charge is 0.300 e. The number of nitrogens with zero attached hydrogens (tertiary/aromatic N) is 2. The normalized spacial score (nSPS) is 21.2. The van der Waals surface area contributed by atoms with Crippen LogP contribution < -0.4 is 0 Å². The molecule has 1 fully saturated rings. The molecule has 96 valence electrons. The fourth-order valence-electron chi connectivity index (χ4n) is 2.61. The lowest BCUT2D eigenvalue weighted by Gasteiger charge is -2.22. The minimum absolute atomic E-state index is 0.542. The first-order valence-corrected chi connectivity index (χ1v) is 7.98. The predicted molar refractivity (Wildman–Crippen MR) is 74.9 cm³/mol. The second kappa shape index (κ2) is 6.72. The molecule has 1 saturated heterocycles. The molecule has 1 aliphatic rings. The van der Waals surface area contributed by atoms with Crippen molar-refractivity contribution in [3.05, 3.63) is 16.1 Å². The van der Waals surface area contributed by atoms with Gasteiger partial charge in [-0.1, -0.05) is 6.92 Å². The standard InChI is InChI=1S/C13H21ClN2S/c1-2-12-5-3-7-16(12)8-4-6-13-15-11(9-14)10-17-13/h10,12H,2-9H2,1H3. The van der Waals surface area contributed by atoms with Crippen LogP contribution in [0.1, 0.15) is 43.3 Å². The molecule has 0 spiro atoms. The SMILES string of the molecule is CCC1CCCN1CCCc1nc(CCl)cs1. The Morgan fingerprint density at radius 3 is 3.18 bits per heavy atom. The lowest BCUT2D eigenvalue weighted by atomic mass is 10.1. The van der Waals surface area contributed by atoms with Crippen LogP contribution in [0, 0.1) is 0 Å². The monoisotopic (exact) mass is 272 g/mol. The van der Waals surface area contributed by atoms with E-state index in [2.05, 4.69) is 22.2 Å². The van der Waals surface area contributed by atoms with E-state index in [1.807, 2.05) is 0 Å². The van der Waals surface area contributed by atoms with Gasteiger partial charge in [-0.25, -0.2) is 4.98 Å². The van der Waals surface area contributed by atoms with Crippen molar-refractivity contribution in [1.29, 1.82) is 0 Å². The van der Waals surface area contributed by atoms with Gasteiger partial charge in [0.05, 0.1) is 16.6 Å². The van der Waals surface area contributed by atoms with E-state index in [-0.39, 0.29) is 0 Å². The molecule has 1 aliphatic heterocycles. The Balaban J connectivity index is 1.72. The summed E-state index contributed by atoms with van der Waals surface area (Å²) >= 11 is 7.50. The zero-order valence-corrected chi connectivity index (χ0v) is 12.1. The van der Waals surface area contributed by atoms with E-state index in [1.165, 1.54) is 43.8 Å². The van der Waals surface area contributed by atoms with E-state index in [4.69, 9.17) is 11.6 Å². The van der Waals surface area contributed by atoms with Crippen molar-refractivity contribution >= 4 is 22.9 Å². The summed E-state index contributed by atoms with van der Waals surface area (Å²) in [7, 11) is 0. The second-order valence-corrected chi connectivity index (χ2v) is 5.92. The number of thiazole rings is 1. The summed E-state index contributed by atoms with van der Waals surface area (Å²) in [6, 6.07) is 0.838. The summed E-state index contributed by atoms with van der Waals surface area (Å²) in [5.74, 6) is 0.542. The van der Waals surface area contributed by atoms with Gasteiger partial charge >= 0.3 is 0 Å². The summed E-state index contributed by atoms with van der Waals surface area (Å²) in [6.45, 7) is 4.83. The van der Waals surface area contributed by atoms with Crippen molar-refractivity contribution in [1.82, 2.24) is 9.88 Å². The fourth-order valence-corrected chi connectivity index (χ4v) is 3.68. The zero-order chi connectivity index (χ0) is 12.1. The van der Waals surface area contributed by atoms with E-state index in [9.17, 15) is 0 Å². The van der Waals surface area contributed by atoms with Gasteiger partial charge in [-0.15, -0.1) is 22.9 Å². The van der Waals surface area contributed by atoms with Crippen molar-refractivity contribution in [3.63, 3.8) is 0 Å². The van der Waals surface area contributed by atoms with Gasteiger partial charge in [0, 0.05) is 17.8 Å². The zero-order valence-electron chi connectivity index (χ0n) is 10.5. The Morgan fingerprint density at radius 1 is 1.59 bits per heavy atom. The number of likely N-dealkylation sites (tertiary alicyclic amines) is 1. The topological polar surface area (TPSA) is 16.1 Å². The molecular formula is C13H21ClN2S. The molecule has 0 aromatic carbocycles. The van der Waals surface area contributed by atoms with Crippen LogP contribution in [0.5, 0.6) is 0 Å². The Hall–Kier alpha value is -0.120. The molecule has 0 saturated carbocycles. The first-order valence-electron chi connectivity index (χ1n) is 6.56. The van der Waals surface area contributed by atoms with Gasteiger partial charge < -0.3 is 4.90 Å². The molecule has 17 heavy (non-hydrogen) atoms. The number of alkyl halides is 1. The maximum atomic E-state index is 5.75. The molecule has 0 aliphatic carbocycles. The van der Waals surface area contributed by atoms with E-state index in [0.717, 1.165) is 18.2 Å². The number of halogens is 1. The predicted octanol–water partition coefficient (Wildman–Crippen LogP) is 3.69. The highest BCUT2D eigenvalue weighted by Gasteiger charge is 2.21. The minimum atomic E-state index is 0.542. The van der Waals surface area contributed by atoms with Crippen molar-refractivity contribution in [3.8, 4) is 0 Å². The van der Waals surface area contributed by atoms with Crippen LogP contribution in [0.4, 0.5) is 0 Å². The van der Waals surface area contributed by atoms with Gasteiger partial charge in [-0.05, 0) is 38.8 Å². The number of hydrogen-bond acceptors (Lipinski definition) is 3. The molecule has 0 N–H and O–H groups in total.